The third kappa shape index (κ3) is 5.66. The van der Waals surface area contributed by atoms with Gasteiger partial charge in [-0.25, -0.2) is 9.80 Å². The first-order valence-corrected chi connectivity index (χ1v) is 11.0. The van der Waals surface area contributed by atoms with Crippen LogP contribution in [-0.2, 0) is 6.42 Å². The molecular weight excluding hydrogens is 400 g/mol. The molecule has 3 aromatic carbocycles. The zero-order valence-corrected chi connectivity index (χ0v) is 18.6. The molecule has 3 N–H and O–H groups in total. The van der Waals surface area contributed by atoms with E-state index in [0.29, 0.717) is 0 Å². The molecular formula is C26H30N4O2. The molecule has 1 heterocycles. The molecule has 0 saturated carbocycles. The predicted octanol–water partition coefficient (Wildman–Crippen LogP) is 5.51. The Kier molecular flexibility index (Phi) is 6.73. The molecule has 1 aliphatic heterocycles. The number of para-hydroxylation sites is 2. The monoisotopic (exact) mass is 430 g/mol. The first-order valence-electron chi connectivity index (χ1n) is 11.0. The van der Waals surface area contributed by atoms with Gasteiger partial charge in [0.1, 0.15) is 11.5 Å². The van der Waals surface area contributed by atoms with Gasteiger partial charge in [-0.2, -0.15) is 0 Å². The molecule has 0 aliphatic carbocycles. The van der Waals surface area contributed by atoms with Crippen molar-refractivity contribution >= 4 is 17.4 Å². The van der Waals surface area contributed by atoms with Crippen LogP contribution in [0, 0.1) is 5.41 Å². The van der Waals surface area contributed by atoms with E-state index in [0.717, 1.165) is 54.5 Å². The van der Waals surface area contributed by atoms with E-state index in [2.05, 4.69) is 34.9 Å². The van der Waals surface area contributed by atoms with Crippen molar-refractivity contribution in [1.29, 1.82) is 0 Å². The minimum Gasteiger partial charge on any atom is -0.457 e. The summed E-state index contributed by atoms with van der Waals surface area (Å²) in [6.45, 7) is 7.26. The van der Waals surface area contributed by atoms with Crippen molar-refractivity contribution in [3.63, 3.8) is 0 Å². The van der Waals surface area contributed by atoms with Gasteiger partial charge in [0, 0.05) is 31.0 Å². The van der Waals surface area contributed by atoms with Crippen LogP contribution in [-0.4, -0.2) is 30.7 Å². The summed E-state index contributed by atoms with van der Waals surface area (Å²) in [7, 11) is 0. The SMILES string of the molecule is CCN1CC(C)(Cc2cc(NC(=O)Nc3ccccc3)ccc2Oc2ccccc2)CN1. The number of hydrogen-bond acceptors (Lipinski definition) is 4. The van der Waals surface area contributed by atoms with Gasteiger partial charge in [0.15, 0.2) is 0 Å². The summed E-state index contributed by atoms with van der Waals surface area (Å²) in [5.41, 5.74) is 6.08. The zero-order chi connectivity index (χ0) is 22.4. The maximum atomic E-state index is 12.5. The minimum atomic E-state index is -0.273. The number of rotatable bonds is 7. The standard InChI is InChI=1S/C26H30N4O2/c1-3-30-19-26(2,18-27-30)17-20-16-22(29-25(31)28-21-10-6-4-7-11-21)14-15-24(20)32-23-12-8-5-9-13-23/h4-16,27H,3,17-19H2,1-2H3,(H2,28,29,31). The molecule has 6 heteroatoms. The highest BCUT2D eigenvalue weighted by Gasteiger charge is 2.34. The smallest absolute Gasteiger partial charge is 0.323 e. The molecule has 0 aromatic heterocycles. The van der Waals surface area contributed by atoms with E-state index in [1.165, 1.54) is 0 Å². The summed E-state index contributed by atoms with van der Waals surface area (Å²) in [5.74, 6) is 1.60. The Bertz CT molecular complexity index is 1040. The molecule has 1 aliphatic rings. The lowest BCUT2D eigenvalue weighted by atomic mass is 9.84. The summed E-state index contributed by atoms with van der Waals surface area (Å²) < 4.78 is 6.21. The third-order valence-corrected chi connectivity index (χ3v) is 5.62. The van der Waals surface area contributed by atoms with Gasteiger partial charge < -0.3 is 15.4 Å². The van der Waals surface area contributed by atoms with Gasteiger partial charge in [-0.05, 0) is 59.9 Å². The maximum absolute atomic E-state index is 12.5. The second-order valence-corrected chi connectivity index (χ2v) is 8.52. The van der Waals surface area contributed by atoms with Gasteiger partial charge >= 0.3 is 6.03 Å². The Morgan fingerprint density at radius 3 is 2.38 bits per heavy atom. The van der Waals surface area contributed by atoms with Crippen molar-refractivity contribution in [2.24, 2.45) is 5.41 Å². The van der Waals surface area contributed by atoms with Gasteiger partial charge in [0.05, 0.1) is 0 Å². The Morgan fingerprint density at radius 2 is 1.69 bits per heavy atom. The van der Waals surface area contributed by atoms with Crippen LogP contribution < -0.4 is 20.8 Å². The van der Waals surface area contributed by atoms with Crippen LogP contribution in [0.25, 0.3) is 0 Å². The largest absolute Gasteiger partial charge is 0.457 e. The van der Waals surface area contributed by atoms with Crippen LogP contribution in [0.1, 0.15) is 19.4 Å². The number of carbonyl (C=O) groups is 1. The number of urea groups is 1. The van der Waals surface area contributed by atoms with E-state index in [-0.39, 0.29) is 11.4 Å². The lowest BCUT2D eigenvalue weighted by molar-refractivity contribution is 0.244. The Hall–Kier alpha value is -3.35. The van der Waals surface area contributed by atoms with Crippen LogP contribution in [0.3, 0.4) is 0 Å². The molecule has 32 heavy (non-hydrogen) atoms. The fourth-order valence-electron chi connectivity index (χ4n) is 4.00. The summed E-state index contributed by atoms with van der Waals surface area (Å²) in [6.07, 6.45) is 0.828. The van der Waals surface area contributed by atoms with Crippen molar-refractivity contribution in [3.05, 3.63) is 84.4 Å². The number of carbonyl (C=O) groups excluding carboxylic acids is 1. The van der Waals surface area contributed by atoms with Crippen LogP contribution in [0.5, 0.6) is 11.5 Å². The van der Waals surface area contributed by atoms with Crippen LogP contribution in [0.2, 0.25) is 0 Å². The third-order valence-electron chi connectivity index (χ3n) is 5.62. The molecule has 0 spiro atoms. The van der Waals surface area contributed by atoms with Crippen molar-refractivity contribution in [2.75, 3.05) is 30.3 Å². The lowest BCUT2D eigenvalue weighted by Gasteiger charge is -2.25. The highest BCUT2D eigenvalue weighted by atomic mass is 16.5. The van der Waals surface area contributed by atoms with E-state index < -0.39 is 0 Å². The number of anilines is 2. The number of hydrogen-bond donors (Lipinski definition) is 3. The van der Waals surface area contributed by atoms with Crippen molar-refractivity contribution in [1.82, 2.24) is 10.4 Å². The molecule has 1 saturated heterocycles. The number of amides is 2. The molecule has 166 valence electrons. The Balaban J connectivity index is 1.54. The van der Waals surface area contributed by atoms with Gasteiger partial charge in [-0.1, -0.05) is 50.2 Å². The Labute approximate surface area is 189 Å². The van der Waals surface area contributed by atoms with Crippen molar-refractivity contribution in [3.8, 4) is 11.5 Å². The van der Waals surface area contributed by atoms with Gasteiger partial charge in [0.25, 0.3) is 0 Å². The van der Waals surface area contributed by atoms with Crippen LogP contribution >= 0.6 is 0 Å². The second kappa shape index (κ2) is 9.85. The van der Waals surface area contributed by atoms with Crippen LogP contribution in [0.4, 0.5) is 16.2 Å². The summed E-state index contributed by atoms with van der Waals surface area (Å²) in [4.78, 5) is 12.5. The topological polar surface area (TPSA) is 65.6 Å². The molecule has 1 fully saturated rings. The van der Waals surface area contributed by atoms with Crippen molar-refractivity contribution in [2.45, 2.75) is 20.3 Å². The quantitative estimate of drug-likeness (QED) is 0.462. The zero-order valence-electron chi connectivity index (χ0n) is 18.6. The average molecular weight is 431 g/mol. The number of ether oxygens (including phenoxy) is 1. The first kappa shape index (κ1) is 21.9. The van der Waals surface area contributed by atoms with Gasteiger partial charge in [-0.3, -0.25) is 5.43 Å². The molecule has 6 nitrogen and oxygen atoms in total. The maximum Gasteiger partial charge on any atom is 0.323 e. The highest BCUT2D eigenvalue weighted by Crippen LogP contribution is 2.35. The van der Waals surface area contributed by atoms with E-state index >= 15 is 0 Å². The number of benzene rings is 3. The van der Waals surface area contributed by atoms with Gasteiger partial charge in [-0.15, -0.1) is 0 Å². The molecule has 1 atom stereocenters. The van der Waals surface area contributed by atoms with Gasteiger partial charge in [0.2, 0.25) is 0 Å². The fraction of sp³-hybridized carbons (Fsp3) is 0.269. The number of nitrogens with zero attached hydrogens (tertiary/aromatic N) is 1. The lowest BCUT2D eigenvalue weighted by Crippen LogP contribution is -2.30. The highest BCUT2D eigenvalue weighted by molar-refractivity contribution is 5.99. The molecule has 0 bridgehead atoms. The van der Waals surface area contributed by atoms with Crippen molar-refractivity contribution < 1.29 is 9.53 Å². The fourth-order valence-corrected chi connectivity index (χ4v) is 4.00. The summed E-state index contributed by atoms with van der Waals surface area (Å²) >= 11 is 0. The predicted molar refractivity (Wildman–Crippen MR) is 129 cm³/mol. The minimum absolute atomic E-state index is 0.0652. The van der Waals surface area contributed by atoms with E-state index in [1.54, 1.807) is 0 Å². The normalized spacial score (nSPS) is 18.3. The summed E-state index contributed by atoms with van der Waals surface area (Å²) in [6, 6.07) is 24.7. The first-order chi connectivity index (χ1) is 15.5. The number of nitrogens with one attached hydrogen (secondary N) is 3. The average Bonchev–Trinajstić information content (AvgIpc) is 3.18. The van der Waals surface area contributed by atoms with E-state index in [1.807, 2.05) is 78.9 Å². The molecule has 4 rings (SSSR count). The summed E-state index contributed by atoms with van der Waals surface area (Å²) in [5, 5.41) is 8.05. The van der Waals surface area contributed by atoms with E-state index in [4.69, 9.17) is 4.74 Å². The second-order valence-electron chi connectivity index (χ2n) is 8.52. The molecule has 0 radical (unpaired) electrons. The molecule has 3 aromatic rings. The number of hydrazine groups is 1. The van der Waals surface area contributed by atoms with E-state index in [9.17, 15) is 4.79 Å². The molecule has 1 unspecified atom stereocenters. The molecule has 2 amide bonds. The van der Waals surface area contributed by atoms with Crippen LogP contribution in [0.15, 0.2) is 78.9 Å². The Morgan fingerprint density at radius 1 is 1.00 bits per heavy atom.